The first kappa shape index (κ1) is 29.7. The van der Waals surface area contributed by atoms with Gasteiger partial charge in [0.2, 0.25) is 11.9 Å². The second kappa shape index (κ2) is 15.3. The van der Waals surface area contributed by atoms with E-state index in [4.69, 9.17) is 18.3 Å². The van der Waals surface area contributed by atoms with E-state index in [-0.39, 0.29) is 46.4 Å². The van der Waals surface area contributed by atoms with Crippen molar-refractivity contribution >= 4 is 35.3 Å². The molecular formula is C34H58N10O2. The van der Waals surface area contributed by atoms with Gasteiger partial charge in [-0.2, -0.15) is 9.97 Å². The Morgan fingerprint density at radius 3 is 1.46 bits per heavy atom. The van der Waals surface area contributed by atoms with Crippen molar-refractivity contribution in [2.75, 3.05) is 21.3 Å². The van der Waals surface area contributed by atoms with Crippen molar-refractivity contribution in [1.29, 1.82) is 0 Å². The quantitative estimate of drug-likeness (QED) is 0.198. The molecule has 256 valence electrons. The average Bonchev–Trinajstić information content (AvgIpc) is 2.95. The number of carbonyl (C=O) groups excluding carboxylic acids is 2. The summed E-state index contributed by atoms with van der Waals surface area (Å²) in [4.78, 5) is 40.4. The Bertz CT molecular complexity index is 1540. The van der Waals surface area contributed by atoms with E-state index in [0.717, 1.165) is 25.7 Å². The Morgan fingerprint density at radius 2 is 1.13 bits per heavy atom. The van der Waals surface area contributed by atoms with Crippen LogP contribution in [0.1, 0.15) is 135 Å². The molecule has 2 aliphatic carbocycles. The van der Waals surface area contributed by atoms with Gasteiger partial charge in [0, 0.05) is 42.4 Å². The molecule has 0 saturated heterocycles. The van der Waals surface area contributed by atoms with Gasteiger partial charge in [-0.3, -0.25) is 9.59 Å². The van der Waals surface area contributed by atoms with Crippen LogP contribution in [0.5, 0.6) is 0 Å². The van der Waals surface area contributed by atoms with Crippen molar-refractivity contribution in [1.82, 2.24) is 19.9 Å². The molecule has 0 radical (unpaired) electrons. The van der Waals surface area contributed by atoms with E-state index in [0.29, 0.717) is 30.5 Å². The number of rotatable bonds is 8. The lowest BCUT2D eigenvalue weighted by molar-refractivity contribution is 0.0991. The van der Waals surface area contributed by atoms with Crippen molar-refractivity contribution < 1.29 is 16.4 Å². The number of anilines is 4. The van der Waals surface area contributed by atoms with Gasteiger partial charge in [-0.25, -0.2) is 9.97 Å². The summed E-state index contributed by atoms with van der Waals surface area (Å²) in [6.45, 7) is 14.9. The fourth-order valence-electron chi connectivity index (χ4n) is 5.49. The zero-order chi connectivity index (χ0) is 38.7. The van der Waals surface area contributed by atoms with Gasteiger partial charge < -0.3 is 32.7 Å². The normalized spacial score (nSPS) is 30.1. The van der Waals surface area contributed by atoms with Crippen LogP contribution in [0.2, 0.25) is 0 Å². The highest BCUT2D eigenvalue weighted by Crippen LogP contribution is 2.33. The number of amides is 2. The van der Waals surface area contributed by atoms with Crippen LogP contribution < -0.4 is 32.7 Å². The molecule has 2 heterocycles. The number of hydrogen-bond donors (Lipinski definition) is 6. The largest absolute Gasteiger partial charge is 0.366 e. The van der Waals surface area contributed by atoms with Crippen molar-refractivity contribution in [2.45, 2.75) is 131 Å². The summed E-state index contributed by atoms with van der Waals surface area (Å²) in [6, 6.07) is 0.0689. The molecule has 2 saturated carbocycles. The Labute approximate surface area is 282 Å². The molecule has 46 heavy (non-hydrogen) atoms. The van der Waals surface area contributed by atoms with Crippen LogP contribution >= 0.6 is 0 Å². The molecule has 0 spiro atoms. The molecule has 8 N–H and O–H groups in total. The molecule has 12 nitrogen and oxygen atoms in total. The maximum atomic E-state index is 11.8. The third-order valence-corrected chi connectivity index (χ3v) is 8.42. The number of nitrogens with zero attached hydrogens (tertiary/aromatic N) is 4. The van der Waals surface area contributed by atoms with E-state index in [1.807, 2.05) is 34.6 Å². The molecule has 0 aliphatic heterocycles. The second-order valence-electron chi connectivity index (χ2n) is 14.5. The SMILES string of the molecule is [2H]C([2H])([2H])C(C)(C)Nc1ncc(C(N)=O)c(N[C@@H]2CC[C@@H](C)[C@]([2H])(C)C2)n1.[2H][C@@]1(C)C[C@H](Nc2nc(NC(C)(C)C)ncc2C(N)=O)CC[C@H]1C. The fourth-order valence-corrected chi connectivity index (χ4v) is 5.49. The number of nitrogens with one attached hydrogen (secondary N) is 4. The molecule has 0 aromatic carbocycles. The summed E-state index contributed by atoms with van der Waals surface area (Å²) in [5.41, 5.74) is 9.86. The van der Waals surface area contributed by atoms with Crippen molar-refractivity contribution in [3.63, 3.8) is 0 Å². The Hall–Kier alpha value is -3.70. The first-order chi connectivity index (χ1) is 23.2. The third kappa shape index (κ3) is 11.3. The molecule has 2 amide bonds. The number of aromatic nitrogens is 4. The summed E-state index contributed by atoms with van der Waals surface area (Å²) in [5.74, 6) is -0.383. The van der Waals surface area contributed by atoms with Gasteiger partial charge in [0.05, 0.1) is 11.1 Å². The maximum absolute atomic E-state index is 11.8. The van der Waals surface area contributed by atoms with E-state index in [2.05, 4.69) is 55.1 Å². The van der Waals surface area contributed by atoms with Gasteiger partial charge in [0.1, 0.15) is 11.6 Å². The number of primary amides is 2. The molecule has 12 heteroatoms. The molecule has 0 bridgehead atoms. The predicted molar refractivity (Wildman–Crippen MR) is 187 cm³/mol. The van der Waals surface area contributed by atoms with Crippen LogP contribution in [-0.4, -0.2) is 54.9 Å². The summed E-state index contributed by atoms with van der Waals surface area (Å²) in [5, 5.41) is 12.5. The van der Waals surface area contributed by atoms with Crippen LogP contribution in [0.15, 0.2) is 12.4 Å². The van der Waals surface area contributed by atoms with E-state index >= 15 is 0 Å². The first-order valence-electron chi connectivity index (χ1n) is 18.6. The van der Waals surface area contributed by atoms with Gasteiger partial charge in [-0.15, -0.1) is 0 Å². The Balaban J connectivity index is 0.000000277. The van der Waals surface area contributed by atoms with Crippen LogP contribution in [0.3, 0.4) is 0 Å². The maximum Gasteiger partial charge on any atom is 0.254 e. The standard InChI is InChI=1S/2C17H29N5O/c2*1-10-6-7-12(8-11(10)2)20-15-13(14(18)23)9-19-16(21-15)22-17(3,4)5/h2*9-12H,6-8H2,1-5H3,(H2,18,23)(H2,19,20,21,22)/t2*10-,11-,12-/m11/s1/i3D3,11D;11D. The molecule has 2 aromatic heterocycles. The van der Waals surface area contributed by atoms with E-state index in [1.165, 1.54) is 26.2 Å². The first-order valence-corrected chi connectivity index (χ1v) is 16.1. The summed E-state index contributed by atoms with van der Waals surface area (Å²) in [7, 11) is 0. The summed E-state index contributed by atoms with van der Waals surface area (Å²) >= 11 is 0. The highest BCUT2D eigenvalue weighted by Gasteiger charge is 2.27. The van der Waals surface area contributed by atoms with E-state index in [9.17, 15) is 9.59 Å². The van der Waals surface area contributed by atoms with Gasteiger partial charge in [-0.1, -0.05) is 27.7 Å². The molecule has 2 aromatic rings. The smallest absolute Gasteiger partial charge is 0.254 e. The number of nitrogens with two attached hydrogens (primary N) is 2. The lowest BCUT2D eigenvalue weighted by Gasteiger charge is -2.33. The predicted octanol–water partition coefficient (Wildman–Crippen LogP) is 6.05. The molecular weight excluding hydrogens is 580 g/mol. The molecule has 6 atom stereocenters. The van der Waals surface area contributed by atoms with Crippen LogP contribution in [0, 0.1) is 23.6 Å². The highest BCUT2D eigenvalue weighted by molar-refractivity contribution is 5.98. The summed E-state index contributed by atoms with van der Waals surface area (Å²) in [6.07, 6.45) is 7.73. The Morgan fingerprint density at radius 1 is 0.739 bits per heavy atom. The number of carbonyl (C=O) groups is 2. The minimum atomic E-state index is -2.27. The van der Waals surface area contributed by atoms with Crippen LogP contribution in [-0.2, 0) is 0 Å². The zero-order valence-electron chi connectivity index (χ0n) is 34.0. The lowest BCUT2D eigenvalue weighted by atomic mass is 9.79. The monoisotopic (exact) mass is 644 g/mol. The minimum absolute atomic E-state index is 0.0276. The topological polar surface area (TPSA) is 186 Å². The fraction of sp³-hybridized carbons (Fsp3) is 0.706. The van der Waals surface area contributed by atoms with Crippen molar-refractivity contribution in [3.05, 3.63) is 23.5 Å². The molecule has 0 unspecified atom stereocenters. The summed E-state index contributed by atoms with van der Waals surface area (Å²) < 4.78 is 39.8. The van der Waals surface area contributed by atoms with Crippen molar-refractivity contribution in [3.8, 4) is 0 Å². The highest BCUT2D eigenvalue weighted by atomic mass is 16.1. The zero-order valence-corrected chi connectivity index (χ0v) is 29.0. The van der Waals surface area contributed by atoms with Crippen molar-refractivity contribution in [2.24, 2.45) is 35.1 Å². The van der Waals surface area contributed by atoms with E-state index in [1.54, 1.807) is 0 Å². The third-order valence-electron chi connectivity index (χ3n) is 8.42. The Kier molecular flexibility index (Phi) is 9.85. The average molecular weight is 644 g/mol. The number of hydrogen-bond acceptors (Lipinski definition) is 10. The van der Waals surface area contributed by atoms with Gasteiger partial charge in [-0.05, 0) is 104 Å². The van der Waals surface area contributed by atoms with Crippen LogP contribution in [0.25, 0.3) is 0 Å². The van der Waals surface area contributed by atoms with E-state index < -0.39 is 36.0 Å². The van der Waals surface area contributed by atoms with Gasteiger partial charge in [0.15, 0.2) is 0 Å². The molecule has 2 aliphatic rings. The molecule has 4 rings (SSSR count). The molecule has 2 fully saturated rings. The van der Waals surface area contributed by atoms with Gasteiger partial charge in [0.25, 0.3) is 11.8 Å². The van der Waals surface area contributed by atoms with Crippen LogP contribution in [0.4, 0.5) is 23.5 Å². The lowest BCUT2D eigenvalue weighted by Crippen LogP contribution is -2.32. The second-order valence-corrected chi connectivity index (χ2v) is 14.5. The minimum Gasteiger partial charge on any atom is -0.366 e. The van der Waals surface area contributed by atoms with Gasteiger partial charge >= 0.3 is 0 Å².